The molecule has 5 nitrogen and oxygen atoms in total. The quantitative estimate of drug-likeness (QED) is 0.192. The first-order chi connectivity index (χ1) is 19.6. The van der Waals surface area contributed by atoms with Gasteiger partial charge in [0.05, 0.1) is 16.8 Å². The second-order valence-corrected chi connectivity index (χ2v) is 10.4. The van der Waals surface area contributed by atoms with Gasteiger partial charge in [-0.05, 0) is 65.7 Å². The molecule has 1 amide bonds. The minimum atomic E-state index is -0.175. The number of nitrogens with zero attached hydrogens (tertiary/aromatic N) is 1. The van der Waals surface area contributed by atoms with Gasteiger partial charge in [-0.25, -0.2) is 4.98 Å². The molecule has 4 aromatic carbocycles. The molecule has 0 spiro atoms. The highest BCUT2D eigenvalue weighted by Crippen LogP contribution is 2.32. The third kappa shape index (κ3) is 5.39. The lowest BCUT2D eigenvalue weighted by molar-refractivity contribution is 0.0952. The fourth-order valence-corrected chi connectivity index (χ4v) is 5.03. The number of aromatic amines is 1. The summed E-state index contributed by atoms with van der Waals surface area (Å²) in [6.45, 7) is 0.884. The molecule has 0 saturated heterocycles. The van der Waals surface area contributed by atoms with Crippen LogP contribution in [0.25, 0.3) is 33.1 Å². The van der Waals surface area contributed by atoms with Crippen LogP contribution in [0.2, 0.25) is 0 Å². The van der Waals surface area contributed by atoms with Gasteiger partial charge in [-0.15, -0.1) is 0 Å². The number of hydrogen-bond donors (Lipinski definition) is 3. The predicted octanol–water partition coefficient (Wildman–Crippen LogP) is 6.93. The molecule has 6 rings (SSSR count). The Labute approximate surface area is 240 Å². The number of pyridine rings is 1. The van der Waals surface area contributed by atoms with Crippen LogP contribution in [0, 0.1) is 11.8 Å². The lowest BCUT2D eigenvalue weighted by Gasteiger charge is -2.11. The summed E-state index contributed by atoms with van der Waals surface area (Å²) in [6.07, 6.45) is 1.94. The first kappa shape index (κ1) is 25.6. The second kappa shape index (κ2) is 11.2. The molecule has 6 aromatic rings. The molecule has 4 N–H and O–H groups in total. The van der Waals surface area contributed by atoms with Gasteiger partial charge >= 0.3 is 0 Å². The van der Waals surface area contributed by atoms with Crippen LogP contribution in [0.5, 0.6) is 0 Å². The first-order valence-corrected chi connectivity index (χ1v) is 13.7. The van der Waals surface area contributed by atoms with Gasteiger partial charge in [0.15, 0.2) is 0 Å². The molecule has 194 valence electrons. The van der Waals surface area contributed by atoms with Gasteiger partial charge in [-0.1, -0.05) is 70.2 Å². The standard InChI is InChI=1S/C34H25BrN4O/c35-26-13-15-31-28(17-26)30(21-37-31)33-18-29(34(40)38-20-25-10-8-24(19-36)9-11-25)27-16-23(12-14-32(27)39-33)7-6-22-4-2-1-3-5-22/h1-5,8-18,21,37H,19-20,36H2,(H,38,40). The Kier molecular flexibility index (Phi) is 7.15. The van der Waals surface area contributed by atoms with E-state index >= 15 is 0 Å². The van der Waals surface area contributed by atoms with E-state index in [1.165, 1.54) is 0 Å². The van der Waals surface area contributed by atoms with Crippen molar-refractivity contribution >= 4 is 43.6 Å². The summed E-state index contributed by atoms with van der Waals surface area (Å²) in [5, 5.41) is 4.87. The first-order valence-electron chi connectivity index (χ1n) is 12.9. The van der Waals surface area contributed by atoms with Gasteiger partial charge in [0.1, 0.15) is 0 Å². The zero-order valence-electron chi connectivity index (χ0n) is 21.5. The highest BCUT2D eigenvalue weighted by Gasteiger charge is 2.17. The van der Waals surface area contributed by atoms with E-state index in [2.05, 4.69) is 44.1 Å². The molecule has 2 aromatic heterocycles. The van der Waals surface area contributed by atoms with Crippen molar-refractivity contribution in [3.8, 4) is 23.1 Å². The molecule has 0 aliphatic rings. The zero-order chi connectivity index (χ0) is 27.5. The van der Waals surface area contributed by atoms with E-state index < -0.39 is 0 Å². The molecule has 0 radical (unpaired) electrons. The van der Waals surface area contributed by atoms with Gasteiger partial charge in [0.2, 0.25) is 0 Å². The van der Waals surface area contributed by atoms with E-state index in [0.29, 0.717) is 18.7 Å². The number of nitrogens with two attached hydrogens (primary N) is 1. The van der Waals surface area contributed by atoms with Gasteiger partial charge in [0, 0.05) is 56.7 Å². The van der Waals surface area contributed by atoms with Gasteiger partial charge in [0.25, 0.3) is 5.91 Å². The maximum Gasteiger partial charge on any atom is 0.252 e. The van der Waals surface area contributed by atoms with E-state index in [9.17, 15) is 4.79 Å². The van der Waals surface area contributed by atoms with E-state index in [-0.39, 0.29) is 5.91 Å². The van der Waals surface area contributed by atoms with Crippen LogP contribution >= 0.6 is 15.9 Å². The van der Waals surface area contributed by atoms with Crippen LogP contribution in [0.4, 0.5) is 0 Å². The van der Waals surface area contributed by atoms with Gasteiger partial charge < -0.3 is 16.0 Å². The van der Waals surface area contributed by atoms with Gasteiger partial charge in [-0.2, -0.15) is 0 Å². The summed E-state index contributed by atoms with van der Waals surface area (Å²) in [5.74, 6) is 6.26. The maximum absolute atomic E-state index is 13.7. The van der Waals surface area contributed by atoms with Crippen molar-refractivity contribution in [2.24, 2.45) is 5.73 Å². The largest absolute Gasteiger partial charge is 0.360 e. The summed E-state index contributed by atoms with van der Waals surface area (Å²) in [6, 6.07) is 31.5. The third-order valence-corrected chi connectivity index (χ3v) is 7.30. The van der Waals surface area contributed by atoms with Crippen molar-refractivity contribution in [1.29, 1.82) is 0 Å². The fraction of sp³-hybridized carbons (Fsp3) is 0.0588. The average molecular weight is 586 g/mol. The lowest BCUT2D eigenvalue weighted by atomic mass is 10.0. The molecular formula is C34H25BrN4O. The number of fused-ring (bicyclic) bond motifs is 2. The number of amides is 1. The smallest absolute Gasteiger partial charge is 0.252 e. The Balaban J connectivity index is 1.42. The third-order valence-electron chi connectivity index (χ3n) is 6.81. The Morgan fingerprint density at radius 2 is 1.62 bits per heavy atom. The van der Waals surface area contributed by atoms with Crippen molar-refractivity contribution in [2.45, 2.75) is 13.1 Å². The number of carbonyl (C=O) groups is 1. The number of aromatic nitrogens is 2. The minimum Gasteiger partial charge on any atom is -0.360 e. The number of benzene rings is 4. The highest BCUT2D eigenvalue weighted by atomic mass is 79.9. The van der Waals surface area contributed by atoms with E-state index in [0.717, 1.165) is 59.8 Å². The molecule has 0 fully saturated rings. The Hall–Kier alpha value is -4.70. The minimum absolute atomic E-state index is 0.175. The van der Waals surface area contributed by atoms with E-state index in [1.807, 2.05) is 97.2 Å². The number of rotatable bonds is 5. The predicted molar refractivity (Wildman–Crippen MR) is 165 cm³/mol. The molecule has 6 heteroatoms. The number of carbonyl (C=O) groups excluding carboxylic acids is 1. The van der Waals surface area contributed by atoms with Crippen LogP contribution in [-0.2, 0) is 13.1 Å². The van der Waals surface area contributed by atoms with E-state index in [1.54, 1.807) is 0 Å². The van der Waals surface area contributed by atoms with Crippen LogP contribution in [-0.4, -0.2) is 15.9 Å². The summed E-state index contributed by atoms with van der Waals surface area (Å²) in [5.41, 5.74) is 13.4. The molecule has 0 unspecified atom stereocenters. The SMILES string of the molecule is NCc1ccc(CNC(=O)c2cc(-c3c[nH]c4ccc(Br)cc34)nc3ccc(C#Cc4ccccc4)cc23)cc1. The van der Waals surface area contributed by atoms with Crippen molar-refractivity contribution in [3.05, 3.63) is 136 Å². The van der Waals surface area contributed by atoms with Crippen molar-refractivity contribution < 1.29 is 4.79 Å². The van der Waals surface area contributed by atoms with Crippen molar-refractivity contribution in [3.63, 3.8) is 0 Å². The summed E-state index contributed by atoms with van der Waals surface area (Å²) < 4.78 is 0.974. The molecule has 0 aliphatic heterocycles. The molecule has 40 heavy (non-hydrogen) atoms. The molecule has 0 aliphatic carbocycles. The topological polar surface area (TPSA) is 83.8 Å². The Morgan fingerprint density at radius 3 is 2.42 bits per heavy atom. The Bertz CT molecular complexity index is 1920. The molecule has 2 heterocycles. The number of hydrogen-bond acceptors (Lipinski definition) is 3. The summed E-state index contributed by atoms with van der Waals surface area (Å²) in [4.78, 5) is 22.0. The van der Waals surface area contributed by atoms with Crippen LogP contribution in [0.3, 0.4) is 0 Å². The van der Waals surface area contributed by atoms with Gasteiger partial charge in [-0.3, -0.25) is 4.79 Å². The van der Waals surface area contributed by atoms with E-state index in [4.69, 9.17) is 10.7 Å². The number of halogens is 1. The highest BCUT2D eigenvalue weighted by molar-refractivity contribution is 9.10. The molecule has 0 atom stereocenters. The van der Waals surface area contributed by atoms with Crippen LogP contribution in [0.1, 0.15) is 32.6 Å². The summed E-state index contributed by atoms with van der Waals surface area (Å²) >= 11 is 3.57. The molecule has 0 saturated carbocycles. The molecular weight excluding hydrogens is 560 g/mol. The molecule has 0 bridgehead atoms. The maximum atomic E-state index is 13.7. The van der Waals surface area contributed by atoms with Crippen LogP contribution in [0.15, 0.2) is 108 Å². The second-order valence-electron chi connectivity index (χ2n) is 9.50. The van der Waals surface area contributed by atoms with Crippen molar-refractivity contribution in [1.82, 2.24) is 15.3 Å². The number of nitrogens with one attached hydrogen (secondary N) is 2. The average Bonchev–Trinajstić information content (AvgIpc) is 3.42. The zero-order valence-corrected chi connectivity index (χ0v) is 23.1. The lowest BCUT2D eigenvalue weighted by Crippen LogP contribution is -2.23. The Morgan fingerprint density at radius 1 is 0.850 bits per heavy atom. The monoisotopic (exact) mass is 584 g/mol. The summed E-state index contributed by atoms with van der Waals surface area (Å²) in [7, 11) is 0. The normalized spacial score (nSPS) is 10.8. The van der Waals surface area contributed by atoms with Crippen LogP contribution < -0.4 is 11.1 Å². The fourth-order valence-electron chi connectivity index (χ4n) is 4.67. The van der Waals surface area contributed by atoms with Crippen molar-refractivity contribution in [2.75, 3.05) is 0 Å². The number of H-pyrrole nitrogens is 1.